The molecule has 124 valence electrons. The Morgan fingerprint density at radius 1 is 1.32 bits per heavy atom. The number of halogens is 3. The van der Waals surface area contributed by atoms with E-state index in [2.05, 4.69) is 0 Å². The number of furan rings is 1. The fourth-order valence-corrected chi connectivity index (χ4v) is 2.65. The van der Waals surface area contributed by atoms with Crippen LogP contribution in [0.2, 0.25) is 0 Å². The normalized spacial score (nSPS) is 25.3. The molecule has 1 aliphatic heterocycles. The summed E-state index contributed by atoms with van der Waals surface area (Å²) in [6, 6.07) is 2.39. The van der Waals surface area contributed by atoms with Crippen LogP contribution in [-0.2, 0) is 10.4 Å². The van der Waals surface area contributed by atoms with Crippen LogP contribution in [0, 0.1) is 18.8 Å². The summed E-state index contributed by atoms with van der Waals surface area (Å²) in [6.07, 6.45) is -6.06. The van der Waals surface area contributed by atoms with Gasteiger partial charge < -0.3 is 14.4 Å². The molecule has 1 aromatic rings. The van der Waals surface area contributed by atoms with Gasteiger partial charge in [-0.05, 0) is 30.9 Å². The molecular formula is C15H20F3NO3. The van der Waals surface area contributed by atoms with Gasteiger partial charge in [-0.25, -0.2) is 0 Å². The van der Waals surface area contributed by atoms with E-state index in [4.69, 9.17) is 4.42 Å². The Hall–Kier alpha value is -1.50. The van der Waals surface area contributed by atoms with Gasteiger partial charge in [0.2, 0.25) is 11.5 Å². The van der Waals surface area contributed by atoms with E-state index in [0.717, 1.165) is 6.07 Å². The van der Waals surface area contributed by atoms with Crippen LogP contribution in [0.25, 0.3) is 0 Å². The fourth-order valence-electron chi connectivity index (χ4n) is 2.65. The molecule has 7 heteroatoms. The van der Waals surface area contributed by atoms with E-state index in [1.54, 1.807) is 0 Å². The molecule has 1 saturated heterocycles. The van der Waals surface area contributed by atoms with Gasteiger partial charge in [0.1, 0.15) is 11.5 Å². The topological polar surface area (TPSA) is 53.7 Å². The van der Waals surface area contributed by atoms with E-state index in [9.17, 15) is 23.1 Å². The predicted molar refractivity (Wildman–Crippen MR) is 72.9 cm³/mol. The summed E-state index contributed by atoms with van der Waals surface area (Å²) in [4.78, 5) is 13.6. The van der Waals surface area contributed by atoms with Crippen LogP contribution in [0.4, 0.5) is 13.2 Å². The van der Waals surface area contributed by atoms with Crippen molar-refractivity contribution in [2.45, 2.75) is 39.0 Å². The zero-order valence-corrected chi connectivity index (χ0v) is 12.8. The van der Waals surface area contributed by atoms with Crippen LogP contribution in [0.5, 0.6) is 0 Å². The van der Waals surface area contributed by atoms with E-state index in [1.165, 1.54) is 17.9 Å². The molecule has 1 aromatic heterocycles. The van der Waals surface area contributed by atoms with E-state index < -0.39 is 29.9 Å². The molecule has 3 unspecified atom stereocenters. The molecule has 0 aromatic carbocycles. The summed E-state index contributed by atoms with van der Waals surface area (Å²) in [5.41, 5.74) is -3.30. The maximum atomic E-state index is 13.3. The Morgan fingerprint density at radius 3 is 2.27 bits per heavy atom. The summed E-state index contributed by atoms with van der Waals surface area (Å²) >= 11 is 0. The molecule has 2 heterocycles. The van der Waals surface area contributed by atoms with E-state index >= 15 is 0 Å². The summed E-state index contributed by atoms with van der Waals surface area (Å²) in [6.45, 7) is 6.19. The van der Waals surface area contributed by atoms with Gasteiger partial charge in [-0.15, -0.1) is 0 Å². The number of nitrogens with zero attached hydrogens (tertiary/aromatic N) is 1. The summed E-state index contributed by atoms with van der Waals surface area (Å²) < 4.78 is 44.9. The van der Waals surface area contributed by atoms with Crippen molar-refractivity contribution in [1.82, 2.24) is 4.90 Å². The number of amides is 1. The summed E-state index contributed by atoms with van der Waals surface area (Å²) in [5, 5.41) is 10.1. The lowest BCUT2D eigenvalue weighted by molar-refractivity contribution is -0.274. The summed E-state index contributed by atoms with van der Waals surface area (Å²) in [5.74, 6) is -0.660. The van der Waals surface area contributed by atoms with Crippen LogP contribution in [0.15, 0.2) is 16.5 Å². The molecule has 3 atom stereocenters. The zero-order chi connectivity index (χ0) is 16.7. The second-order valence-corrected chi connectivity index (χ2v) is 6.20. The highest BCUT2D eigenvalue weighted by Crippen LogP contribution is 2.43. The van der Waals surface area contributed by atoms with Gasteiger partial charge >= 0.3 is 6.18 Å². The van der Waals surface area contributed by atoms with Crippen molar-refractivity contribution in [2.24, 2.45) is 11.8 Å². The average molecular weight is 319 g/mol. The van der Waals surface area contributed by atoms with E-state index in [1.807, 2.05) is 13.8 Å². The molecule has 0 aliphatic carbocycles. The highest BCUT2D eigenvalue weighted by molar-refractivity contribution is 5.78. The standard InChI is InChI=1S/C15H20F3NO3/c1-9-7-19(8-10(9)2)13(20)6-14(21,15(16,17)18)12-5-4-11(3)22-12/h4-5,9-10,21H,6-8H2,1-3H3. The minimum Gasteiger partial charge on any atom is -0.463 e. The first-order valence-electron chi connectivity index (χ1n) is 7.18. The second kappa shape index (κ2) is 5.61. The van der Waals surface area contributed by atoms with Crippen LogP contribution < -0.4 is 0 Å². The minimum atomic E-state index is -5.00. The Labute approximate surface area is 126 Å². The number of rotatable bonds is 3. The first-order chi connectivity index (χ1) is 10.0. The number of hydrogen-bond acceptors (Lipinski definition) is 3. The quantitative estimate of drug-likeness (QED) is 0.932. The molecule has 4 nitrogen and oxygen atoms in total. The van der Waals surface area contributed by atoms with Gasteiger partial charge in [0, 0.05) is 13.1 Å². The van der Waals surface area contributed by atoms with Gasteiger partial charge in [-0.3, -0.25) is 4.79 Å². The van der Waals surface area contributed by atoms with Crippen molar-refractivity contribution in [3.63, 3.8) is 0 Å². The lowest BCUT2D eigenvalue weighted by atomic mass is 9.95. The Balaban J connectivity index is 2.23. The average Bonchev–Trinajstić information content (AvgIpc) is 2.95. The van der Waals surface area contributed by atoms with E-state index in [-0.39, 0.29) is 17.6 Å². The first kappa shape index (κ1) is 16.9. The Bertz CT molecular complexity index is 544. The third kappa shape index (κ3) is 2.99. The fraction of sp³-hybridized carbons (Fsp3) is 0.667. The van der Waals surface area contributed by atoms with Crippen molar-refractivity contribution in [3.05, 3.63) is 23.7 Å². The molecule has 1 fully saturated rings. The van der Waals surface area contributed by atoms with Crippen LogP contribution >= 0.6 is 0 Å². The second-order valence-electron chi connectivity index (χ2n) is 6.20. The van der Waals surface area contributed by atoms with Crippen LogP contribution in [-0.4, -0.2) is 35.2 Å². The van der Waals surface area contributed by atoms with Gasteiger partial charge in [-0.2, -0.15) is 13.2 Å². The molecule has 0 spiro atoms. The number of carbonyl (C=O) groups is 1. The predicted octanol–water partition coefficient (Wildman–Crippen LogP) is 2.84. The molecule has 1 N–H and O–H groups in total. The maximum absolute atomic E-state index is 13.3. The molecule has 22 heavy (non-hydrogen) atoms. The molecule has 1 aliphatic rings. The maximum Gasteiger partial charge on any atom is 0.425 e. The molecule has 0 radical (unpaired) electrons. The largest absolute Gasteiger partial charge is 0.463 e. The van der Waals surface area contributed by atoms with Gasteiger partial charge in [0.25, 0.3) is 0 Å². The van der Waals surface area contributed by atoms with Crippen LogP contribution in [0.1, 0.15) is 31.8 Å². The van der Waals surface area contributed by atoms with E-state index in [0.29, 0.717) is 13.1 Å². The first-order valence-corrected chi connectivity index (χ1v) is 7.18. The van der Waals surface area contributed by atoms with Gasteiger partial charge in [0.05, 0.1) is 6.42 Å². The highest BCUT2D eigenvalue weighted by Gasteiger charge is 2.58. The van der Waals surface area contributed by atoms with Crippen molar-refractivity contribution in [2.75, 3.05) is 13.1 Å². The van der Waals surface area contributed by atoms with Gasteiger partial charge in [0.15, 0.2) is 0 Å². The molecular weight excluding hydrogens is 299 g/mol. The number of likely N-dealkylation sites (tertiary alicyclic amines) is 1. The third-order valence-electron chi connectivity index (χ3n) is 4.36. The van der Waals surface area contributed by atoms with Crippen molar-refractivity contribution < 1.29 is 27.5 Å². The number of alkyl halides is 3. The highest BCUT2D eigenvalue weighted by atomic mass is 19.4. The molecule has 0 saturated carbocycles. The van der Waals surface area contributed by atoms with Crippen molar-refractivity contribution in [1.29, 1.82) is 0 Å². The number of carbonyl (C=O) groups excluding carboxylic acids is 1. The Kier molecular flexibility index (Phi) is 4.30. The monoisotopic (exact) mass is 319 g/mol. The Morgan fingerprint density at radius 2 is 1.86 bits per heavy atom. The number of aryl methyl sites for hydroxylation is 1. The lowest BCUT2D eigenvalue weighted by Crippen LogP contribution is -2.46. The van der Waals surface area contributed by atoms with Crippen molar-refractivity contribution in [3.8, 4) is 0 Å². The van der Waals surface area contributed by atoms with Crippen molar-refractivity contribution >= 4 is 5.91 Å². The zero-order valence-electron chi connectivity index (χ0n) is 12.8. The number of hydrogen-bond donors (Lipinski definition) is 1. The summed E-state index contributed by atoms with van der Waals surface area (Å²) in [7, 11) is 0. The van der Waals surface area contributed by atoms with Gasteiger partial charge in [-0.1, -0.05) is 13.8 Å². The number of aliphatic hydroxyl groups is 1. The smallest absolute Gasteiger partial charge is 0.425 e. The minimum absolute atomic E-state index is 0.230. The molecule has 0 bridgehead atoms. The lowest BCUT2D eigenvalue weighted by Gasteiger charge is -2.29. The molecule has 2 rings (SSSR count). The van der Waals surface area contributed by atoms with Crippen LogP contribution in [0.3, 0.4) is 0 Å². The third-order valence-corrected chi connectivity index (χ3v) is 4.36. The molecule has 1 amide bonds. The SMILES string of the molecule is Cc1ccc(C(O)(CC(=O)N2CC(C)C(C)C2)C(F)(F)F)o1.